The van der Waals surface area contributed by atoms with Gasteiger partial charge in [0.1, 0.15) is 5.41 Å². The molecule has 1 rings (SSSR count). The number of methoxy groups -OCH3 is 1. The topological polar surface area (TPSA) is 43.4 Å². The Kier molecular flexibility index (Phi) is 2.70. The zero-order chi connectivity index (χ0) is 11.0. The van der Waals surface area contributed by atoms with Crippen LogP contribution in [0.3, 0.4) is 0 Å². The minimum atomic E-state index is -0.826. The van der Waals surface area contributed by atoms with Gasteiger partial charge in [-0.05, 0) is 12.8 Å². The second kappa shape index (κ2) is 3.37. The Labute approximate surface area is 84.8 Å². The third kappa shape index (κ3) is 1.56. The van der Waals surface area contributed by atoms with Crippen molar-refractivity contribution in [3.63, 3.8) is 0 Å². The summed E-state index contributed by atoms with van der Waals surface area (Å²) in [5.41, 5.74) is -1.29. The van der Waals surface area contributed by atoms with Crippen molar-refractivity contribution < 1.29 is 14.3 Å². The molecular formula is C11H18O3. The fraction of sp³-hybridized carbons (Fsp3) is 0.818. The van der Waals surface area contributed by atoms with Crippen LogP contribution in [0.4, 0.5) is 0 Å². The molecule has 14 heavy (non-hydrogen) atoms. The van der Waals surface area contributed by atoms with E-state index in [9.17, 15) is 9.59 Å². The second-order valence-electron chi connectivity index (χ2n) is 5.01. The van der Waals surface area contributed by atoms with Gasteiger partial charge in [0.15, 0.2) is 5.78 Å². The lowest BCUT2D eigenvalue weighted by molar-refractivity contribution is -0.167. The van der Waals surface area contributed by atoms with E-state index in [0.717, 1.165) is 6.42 Å². The lowest BCUT2D eigenvalue weighted by Gasteiger charge is -2.41. The summed E-state index contributed by atoms with van der Waals surface area (Å²) in [6, 6.07) is 0. The van der Waals surface area contributed by atoms with Crippen molar-refractivity contribution in [3.05, 3.63) is 0 Å². The number of ketones is 1. The maximum absolute atomic E-state index is 12.1. The van der Waals surface area contributed by atoms with Gasteiger partial charge in [0.05, 0.1) is 7.11 Å². The molecule has 0 bridgehead atoms. The Morgan fingerprint density at radius 1 is 1.21 bits per heavy atom. The van der Waals surface area contributed by atoms with Crippen LogP contribution in [-0.2, 0) is 14.3 Å². The summed E-state index contributed by atoms with van der Waals surface area (Å²) in [6.07, 6.45) is 2.24. The molecule has 0 spiro atoms. The van der Waals surface area contributed by atoms with Gasteiger partial charge in [-0.3, -0.25) is 9.59 Å². The molecule has 0 aromatic heterocycles. The lowest BCUT2D eigenvalue weighted by Crippen LogP contribution is -2.50. The first kappa shape index (κ1) is 11.2. The van der Waals surface area contributed by atoms with E-state index < -0.39 is 10.8 Å². The SMILES string of the molecule is COC(=O)C1(C(=O)C(C)(C)C)CCC1. The van der Waals surface area contributed by atoms with Crippen molar-refractivity contribution in [1.82, 2.24) is 0 Å². The smallest absolute Gasteiger partial charge is 0.319 e. The maximum atomic E-state index is 12.1. The highest BCUT2D eigenvalue weighted by Crippen LogP contribution is 2.46. The molecule has 0 amide bonds. The number of hydrogen-bond donors (Lipinski definition) is 0. The minimum Gasteiger partial charge on any atom is -0.468 e. The van der Waals surface area contributed by atoms with Gasteiger partial charge >= 0.3 is 5.97 Å². The zero-order valence-electron chi connectivity index (χ0n) is 9.35. The van der Waals surface area contributed by atoms with E-state index in [0.29, 0.717) is 12.8 Å². The Morgan fingerprint density at radius 2 is 1.71 bits per heavy atom. The highest BCUT2D eigenvalue weighted by atomic mass is 16.5. The van der Waals surface area contributed by atoms with Gasteiger partial charge in [-0.1, -0.05) is 27.2 Å². The van der Waals surface area contributed by atoms with Crippen molar-refractivity contribution in [2.75, 3.05) is 7.11 Å². The predicted octanol–water partition coefficient (Wildman–Crippen LogP) is 1.94. The highest BCUT2D eigenvalue weighted by Gasteiger charge is 2.54. The summed E-state index contributed by atoms with van der Waals surface area (Å²) in [4.78, 5) is 23.6. The molecule has 0 saturated heterocycles. The van der Waals surface area contributed by atoms with E-state index in [4.69, 9.17) is 4.74 Å². The molecule has 3 heteroatoms. The monoisotopic (exact) mass is 198 g/mol. The molecule has 0 unspecified atom stereocenters. The Hall–Kier alpha value is -0.860. The molecule has 0 aromatic rings. The van der Waals surface area contributed by atoms with Gasteiger partial charge in [0, 0.05) is 5.41 Å². The van der Waals surface area contributed by atoms with Gasteiger partial charge in [0.25, 0.3) is 0 Å². The summed E-state index contributed by atoms with van der Waals surface area (Å²) in [5, 5.41) is 0. The largest absolute Gasteiger partial charge is 0.468 e. The van der Waals surface area contributed by atoms with E-state index in [1.54, 1.807) is 0 Å². The lowest BCUT2D eigenvalue weighted by atomic mass is 9.60. The number of rotatable bonds is 2. The second-order valence-corrected chi connectivity index (χ2v) is 5.01. The summed E-state index contributed by atoms with van der Waals surface area (Å²) >= 11 is 0. The van der Waals surface area contributed by atoms with Crippen molar-refractivity contribution in [3.8, 4) is 0 Å². The molecule has 0 N–H and O–H groups in total. The average Bonchev–Trinajstić information content (AvgIpc) is 2.00. The van der Waals surface area contributed by atoms with Crippen LogP contribution in [0.25, 0.3) is 0 Å². The number of Topliss-reactive ketones (excluding diaryl/α,β-unsaturated/α-hetero) is 1. The van der Waals surface area contributed by atoms with Crippen molar-refractivity contribution in [2.45, 2.75) is 40.0 Å². The third-order valence-electron chi connectivity index (χ3n) is 2.90. The average molecular weight is 198 g/mol. The van der Waals surface area contributed by atoms with Crippen LogP contribution >= 0.6 is 0 Å². The van der Waals surface area contributed by atoms with Gasteiger partial charge < -0.3 is 4.74 Å². The summed E-state index contributed by atoms with van der Waals surface area (Å²) < 4.78 is 4.71. The van der Waals surface area contributed by atoms with Crippen LogP contribution in [0.2, 0.25) is 0 Å². The molecule has 1 saturated carbocycles. The van der Waals surface area contributed by atoms with Gasteiger partial charge in [-0.2, -0.15) is 0 Å². The summed E-state index contributed by atoms with van der Waals surface area (Å²) in [7, 11) is 1.35. The first-order valence-electron chi connectivity index (χ1n) is 4.98. The molecule has 1 aliphatic rings. The highest BCUT2D eigenvalue weighted by molar-refractivity contribution is 6.06. The number of ether oxygens (including phenoxy) is 1. The quantitative estimate of drug-likeness (QED) is 0.503. The van der Waals surface area contributed by atoms with Crippen molar-refractivity contribution in [2.24, 2.45) is 10.8 Å². The van der Waals surface area contributed by atoms with E-state index >= 15 is 0 Å². The molecular weight excluding hydrogens is 180 g/mol. The molecule has 0 atom stereocenters. The van der Waals surface area contributed by atoms with Gasteiger partial charge in [0.2, 0.25) is 0 Å². The molecule has 80 valence electrons. The normalized spacial score (nSPS) is 19.7. The van der Waals surface area contributed by atoms with Crippen LogP contribution in [-0.4, -0.2) is 18.9 Å². The molecule has 1 aliphatic carbocycles. The molecule has 0 aromatic carbocycles. The Bertz CT molecular complexity index is 256. The molecule has 0 heterocycles. The summed E-state index contributed by atoms with van der Waals surface area (Å²) in [6.45, 7) is 5.54. The Morgan fingerprint density at radius 3 is 1.93 bits per heavy atom. The number of carbonyl (C=O) groups excluding carboxylic acids is 2. The van der Waals surface area contributed by atoms with E-state index in [2.05, 4.69) is 0 Å². The van der Waals surface area contributed by atoms with Gasteiger partial charge in [-0.15, -0.1) is 0 Å². The number of esters is 1. The molecule has 3 nitrogen and oxygen atoms in total. The Balaban J connectivity index is 2.91. The number of hydrogen-bond acceptors (Lipinski definition) is 3. The van der Waals surface area contributed by atoms with Crippen molar-refractivity contribution in [1.29, 1.82) is 0 Å². The van der Waals surface area contributed by atoms with Crippen LogP contribution in [0, 0.1) is 10.8 Å². The van der Waals surface area contributed by atoms with E-state index in [1.807, 2.05) is 20.8 Å². The van der Waals surface area contributed by atoms with E-state index in [1.165, 1.54) is 7.11 Å². The number of carbonyl (C=O) groups is 2. The maximum Gasteiger partial charge on any atom is 0.319 e. The minimum absolute atomic E-state index is 0.0168. The third-order valence-corrected chi connectivity index (χ3v) is 2.90. The standard InChI is InChI=1S/C11H18O3/c1-10(2,3)8(12)11(6-5-7-11)9(13)14-4/h5-7H2,1-4H3. The molecule has 1 fully saturated rings. The van der Waals surface area contributed by atoms with Crippen LogP contribution in [0.15, 0.2) is 0 Å². The van der Waals surface area contributed by atoms with Crippen LogP contribution in [0.5, 0.6) is 0 Å². The van der Waals surface area contributed by atoms with E-state index in [-0.39, 0.29) is 11.8 Å². The molecule has 0 aliphatic heterocycles. The molecule has 0 radical (unpaired) electrons. The predicted molar refractivity (Wildman–Crippen MR) is 52.8 cm³/mol. The van der Waals surface area contributed by atoms with Crippen LogP contribution < -0.4 is 0 Å². The van der Waals surface area contributed by atoms with Crippen LogP contribution in [0.1, 0.15) is 40.0 Å². The zero-order valence-corrected chi connectivity index (χ0v) is 9.35. The first-order chi connectivity index (χ1) is 6.34. The first-order valence-corrected chi connectivity index (χ1v) is 4.98. The summed E-state index contributed by atoms with van der Waals surface area (Å²) in [5.74, 6) is -0.341. The fourth-order valence-electron chi connectivity index (χ4n) is 1.97. The van der Waals surface area contributed by atoms with Crippen molar-refractivity contribution >= 4 is 11.8 Å². The van der Waals surface area contributed by atoms with Gasteiger partial charge in [-0.25, -0.2) is 0 Å². The fourth-order valence-corrected chi connectivity index (χ4v) is 1.97.